The van der Waals surface area contributed by atoms with E-state index < -0.39 is 17.7 Å². The summed E-state index contributed by atoms with van der Waals surface area (Å²) in [6.07, 6.45) is -0.625. The first-order chi connectivity index (χ1) is 6.85. The molecule has 0 saturated heterocycles. The maximum Gasteiger partial charge on any atom is 0.503 e. The van der Waals surface area contributed by atoms with Gasteiger partial charge in [0.2, 0.25) is 0 Å². The second-order valence-electron chi connectivity index (χ2n) is 3.21. The van der Waals surface area contributed by atoms with Gasteiger partial charge in [-0.2, -0.15) is 0 Å². The molecule has 0 unspecified atom stereocenters. The Morgan fingerprint density at radius 2 is 0.938 bits per heavy atom. The quantitative estimate of drug-likeness (QED) is 0.252. The van der Waals surface area contributed by atoms with Crippen LogP contribution in [0.15, 0.2) is 0 Å². The molecule has 0 saturated carbocycles. The van der Waals surface area contributed by atoms with E-state index >= 15 is 0 Å². The summed E-state index contributed by atoms with van der Waals surface area (Å²) in [5.41, 5.74) is 30.5. The fraction of sp³-hybridized carbons (Fsp3) is 0.857. The van der Waals surface area contributed by atoms with Crippen molar-refractivity contribution in [3.05, 3.63) is 0 Å². The van der Waals surface area contributed by atoms with Crippen LogP contribution < -0.4 is 34.4 Å². The largest absolute Gasteiger partial charge is 0.503 e. The molecule has 16 heavy (non-hydrogen) atoms. The predicted molar refractivity (Wildman–Crippen MR) is 61.8 cm³/mol. The molecule has 0 heterocycles. The molecule has 0 atom stereocenters. The summed E-state index contributed by atoms with van der Waals surface area (Å²) in [7, 11) is 0. The van der Waals surface area contributed by atoms with Gasteiger partial charge in [0, 0.05) is 0 Å². The van der Waals surface area contributed by atoms with Gasteiger partial charge in [-0.15, -0.1) is 0 Å². The van der Waals surface area contributed by atoms with Crippen molar-refractivity contribution in [2.45, 2.75) is 38.3 Å². The van der Waals surface area contributed by atoms with Crippen molar-refractivity contribution in [3.63, 3.8) is 0 Å². The van der Waals surface area contributed by atoms with Crippen LogP contribution in [0.4, 0.5) is 4.79 Å². The third-order valence-electron chi connectivity index (χ3n) is 1.22. The van der Waals surface area contributed by atoms with Crippen molar-refractivity contribution in [3.8, 4) is 0 Å². The highest BCUT2D eigenvalue weighted by Gasteiger charge is 2.04. The van der Waals surface area contributed by atoms with Crippen LogP contribution in [0.3, 0.4) is 0 Å². The van der Waals surface area contributed by atoms with E-state index in [2.05, 4.69) is 0 Å². The zero-order valence-corrected chi connectivity index (χ0v) is 9.68. The van der Waals surface area contributed by atoms with Gasteiger partial charge >= 0.3 is 6.16 Å². The molecule has 0 amide bonds. The monoisotopic (exact) mass is 240 g/mol. The highest BCUT2D eigenvalue weighted by atomic mass is 16.6. The summed E-state index contributed by atoms with van der Waals surface area (Å²) >= 11 is 0. The SMILES string of the molecule is CCC(N)(N)N.CCC(N)(N)N.O=C(O)O. The third kappa shape index (κ3) is 74.5. The second kappa shape index (κ2) is 9.27. The van der Waals surface area contributed by atoms with Crippen LogP contribution in [0.2, 0.25) is 0 Å². The first kappa shape index (κ1) is 20.4. The van der Waals surface area contributed by atoms with Crippen LogP contribution in [0.25, 0.3) is 0 Å². The molecule has 0 bridgehead atoms. The van der Waals surface area contributed by atoms with Crippen LogP contribution in [0, 0.1) is 0 Å². The second-order valence-corrected chi connectivity index (χ2v) is 3.21. The van der Waals surface area contributed by atoms with E-state index in [-0.39, 0.29) is 0 Å². The zero-order valence-electron chi connectivity index (χ0n) is 9.68. The van der Waals surface area contributed by atoms with Gasteiger partial charge in [0.25, 0.3) is 0 Å². The topological polar surface area (TPSA) is 214 Å². The lowest BCUT2D eigenvalue weighted by atomic mass is 10.3. The van der Waals surface area contributed by atoms with Gasteiger partial charge in [-0.25, -0.2) is 4.79 Å². The summed E-state index contributed by atoms with van der Waals surface area (Å²) in [5, 5.41) is 13.9. The van der Waals surface area contributed by atoms with E-state index in [4.69, 9.17) is 49.4 Å². The average Bonchev–Trinajstić information content (AvgIpc) is 2.02. The molecule has 0 aliphatic carbocycles. The van der Waals surface area contributed by atoms with Crippen molar-refractivity contribution < 1.29 is 15.0 Å². The number of carbonyl (C=O) groups is 1. The van der Waals surface area contributed by atoms with Crippen LogP contribution in [-0.2, 0) is 0 Å². The molecule has 0 aromatic carbocycles. The molecular weight excluding hydrogens is 216 g/mol. The van der Waals surface area contributed by atoms with E-state index in [1.54, 1.807) is 0 Å². The number of rotatable bonds is 2. The van der Waals surface area contributed by atoms with E-state index in [0.717, 1.165) is 0 Å². The molecule has 0 radical (unpaired) electrons. The lowest BCUT2D eigenvalue weighted by Crippen LogP contribution is -2.57. The Kier molecular flexibility index (Phi) is 11.8. The highest BCUT2D eigenvalue weighted by Crippen LogP contribution is 1.81. The molecule has 0 aromatic rings. The molecule has 0 fully saturated rings. The van der Waals surface area contributed by atoms with E-state index in [9.17, 15) is 0 Å². The minimum atomic E-state index is -1.83. The van der Waals surface area contributed by atoms with Crippen LogP contribution >= 0.6 is 0 Å². The predicted octanol–water partition coefficient (Wildman–Crippen LogP) is -1.92. The summed E-state index contributed by atoms with van der Waals surface area (Å²) in [6.45, 7) is 3.67. The molecule has 0 aromatic heterocycles. The van der Waals surface area contributed by atoms with Gasteiger partial charge in [-0.1, -0.05) is 13.8 Å². The van der Waals surface area contributed by atoms with Crippen molar-refractivity contribution in [1.29, 1.82) is 0 Å². The maximum atomic E-state index is 8.56. The van der Waals surface area contributed by atoms with Crippen molar-refractivity contribution in [2.24, 2.45) is 34.4 Å². The van der Waals surface area contributed by atoms with Crippen molar-refractivity contribution >= 4 is 6.16 Å². The Labute approximate surface area is 94.7 Å². The van der Waals surface area contributed by atoms with Gasteiger partial charge in [-0.05, 0) is 12.8 Å². The van der Waals surface area contributed by atoms with Gasteiger partial charge in [0.15, 0.2) is 0 Å². The third-order valence-corrected chi connectivity index (χ3v) is 1.22. The van der Waals surface area contributed by atoms with Crippen LogP contribution in [0.5, 0.6) is 0 Å². The summed E-state index contributed by atoms with van der Waals surface area (Å²) in [6, 6.07) is 0. The van der Waals surface area contributed by atoms with Gasteiger partial charge in [-0.3, -0.25) is 0 Å². The maximum absolute atomic E-state index is 8.56. The fourth-order valence-corrected chi connectivity index (χ4v) is 0. The van der Waals surface area contributed by atoms with Crippen LogP contribution in [-0.4, -0.2) is 27.9 Å². The van der Waals surface area contributed by atoms with Crippen molar-refractivity contribution in [1.82, 2.24) is 0 Å². The Morgan fingerprint density at radius 3 is 0.938 bits per heavy atom. The fourth-order valence-electron chi connectivity index (χ4n) is 0. The molecule has 9 heteroatoms. The van der Waals surface area contributed by atoms with Gasteiger partial charge in [0.1, 0.15) is 11.6 Å². The Morgan fingerprint density at radius 1 is 0.875 bits per heavy atom. The van der Waals surface area contributed by atoms with E-state index in [1.165, 1.54) is 0 Å². The van der Waals surface area contributed by atoms with Crippen LogP contribution in [0.1, 0.15) is 26.7 Å². The minimum absolute atomic E-state index is 0.604. The Balaban J connectivity index is -0.000000162. The number of hydrogen-bond acceptors (Lipinski definition) is 7. The zero-order chi connectivity index (χ0) is 14.0. The molecule has 0 rings (SSSR count). The summed E-state index contributed by atoms with van der Waals surface area (Å²) in [5.74, 6) is -1.92. The number of carboxylic acid groups (broad SMARTS) is 2. The minimum Gasteiger partial charge on any atom is -0.450 e. The van der Waals surface area contributed by atoms with Gasteiger partial charge < -0.3 is 44.6 Å². The lowest BCUT2D eigenvalue weighted by molar-refractivity contribution is 0.137. The number of nitrogens with two attached hydrogens (primary N) is 6. The molecule has 0 aliphatic rings. The Bertz CT molecular complexity index is 156. The highest BCUT2D eigenvalue weighted by molar-refractivity contribution is 5.53. The molecule has 0 aliphatic heterocycles. The first-order valence-electron chi connectivity index (χ1n) is 4.50. The average molecular weight is 240 g/mol. The van der Waals surface area contributed by atoms with E-state index in [1.807, 2.05) is 13.8 Å². The molecule has 0 spiro atoms. The van der Waals surface area contributed by atoms with Crippen molar-refractivity contribution in [2.75, 3.05) is 0 Å². The summed E-state index contributed by atoms with van der Waals surface area (Å²) in [4.78, 5) is 8.56. The normalized spacial score (nSPS) is 10.5. The molecule has 100 valence electrons. The standard InChI is InChI=1S/2C3H11N3.CH2O3/c2*1-2-3(4,5)6;2-1(3)4/h2*2,4-6H2,1H3;(H2,2,3,4). The molecule has 9 nitrogen and oxygen atoms in total. The smallest absolute Gasteiger partial charge is 0.450 e. The Hall–Kier alpha value is -0.970. The van der Waals surface area contributed by atoms with Gasteiger partial charge in [0.05, 0.1) is 0 Å². The van der Waals surface area contributed by atoms with E-state index in [0.29, 0.717) is 12.8 Å². The summed E-state index contributed by atoms with van der Waals surface area (Å²) < 4.78 is 0. The number of hydrogen-bond donors (Lipinski definition) is 8. The molecular formula is C7H24N6O3. The first-order valence-corrected chi connectivity index (χ1v) is 4.50. The molecule has 14 N–H and O–H groups in total. The lowest BCUT2D eigenvalue weighted by Gasteiger charge is -2.13.